The van der Waals surface area contributed by atoms with Crippen LogP contribution in [0.15, 0.2) is 42.5 Å². The van der Waals surface area contributed by atoms with Crippen molar-refractivity contribution in [2.24, 2.45) is 0 Å². The first-order valence-electron chi connectivity index (χ1n) is 9.20. The normalized spacial score (nSPS) is 15.5. The Balaban J connectivity index is 0.00000280. The van der Waals surface area contributed by atoms with Crippen molar-refractivity contribution in [3.8, 4) is 11.5 Å². The molecule has 7 heteroatoms. The summed E-state index contributed by atoms with van der Waals surface area (Å²) in [5.41, 5.74) is 2.00. The first kappa shape index (κ1) is 22.4. The minimum atomic E-state index is -0.208. The smallest absolute Gasteiger partial charge is 0.165 e. The Labute approximate surface area is 172 Å². The Morgan fingerprint density at radius 2 is 1.86 bits per heavy atom. The third-order valence-corrected chi connectivity index (χ3v) is 4.86. The number of para-hydroxylation sites is 1. The lowest BCUT2D eigenvalue weighted by Crippen LogP contribution is -2.42. The van der Waals surface area contributed by atoms with Crippen molar-refractivity contribution in [3.63, 3.8) is 0 Å². The summed E-state index contributed by atoms with van der Waals surface area (Å²) in [6, 6.07) is 12.8. The van der Waals surface area contributed by atoms with Gasteiger partial charge in [0.1, 0.15) is 5.82 Å². The number of hydrogen-bond acceptors (Lipinski definition) is 5. The molecule has 1 atom stereocenters. The fourth-order valence-electron chi connectivity index (χ4n) is 3.50. The van der Waals surface area contributed by atoms with Crippen LogP contribution in [0.1, 0.15) is 17.2 Å². The molecule has 2 aromatic carbocycles. The zero-order chi connectivity index (χ0) is 19.1. The van der Waals surface area contributed by atoms with Crippen LogP contribution in [0.4, 0.5) is 4.39 Å². The monoisotopic (exact) mass is 410 g/mol. The van der Waals surface area contributed by atoms with E-state index in [0.29, 0.717) is 32.1 Å². The van der Waals surface area contributed by atoms with Crippen LogP contribution in [0, 0.1) is 5.82 Å². The summed E-state index contributed by atoms with van der Waals surface area (Å²) in [6.45, 7) is 4.42. The van der Waals surface area contributed by atoms with Crippen LogP contribution in [0.2, 0.25) is 0 Å². The summed E-state index contributed by atoms with van der Waals surface area (Å²) in [5, 5.41) is 3.50. The van der Waals surface area contributed by atoms with Crippen LogP contribution in [0.5, 0.6) is 11.5 Å². The minimum absolute atomic E-state index is 0. The second-order valence-corrected chi connectivity index (χ2v) is 6.50. The summed E-state index contributed by atoms with van der Waals surface area (Å²) in [4.78, 5) is 2.34. The lowest BCUT2D eigenvalue weighted by atomic mass is 10.0. The van der Waals surface area contributed by atoms with Gasteiger partial charge in [-0.25, -0.2) is 4.39 Å². The fourth-order valence-corrected chi connectivity index (χ4v) is 3.50. The first-order chi connectivity index (χ1) is 13.2. The van der Waals surface area contributed by atoms with Gasteiger partial charge in [0, 0.05) is 37.8 Å². The number of nitrogens with one attached hydrogen (secondary N) is 1. The highest BCUT2D eigenvalue weighted by atomic mass is 35.5. The van der Waals surface area contributed by atoms with Gasteiger partial charge >= 0.3 is 0 Å². The molecule has 0 amide bonds. The second kappa shape index (κ2) is 11.2. The number of nitrogens with zero attached hydrogens (tertiary/aromatic N) is 1. The summed E-state index contributed by atoms with van der Waals surface area (Å²) < 4.78 is 30.1. The molecule has 0 aromatic heterocycles. The number of methoxy groups -OCH3 is 2. The second-order valence-electron chi connectivity index (χ2n) is 6.50. The number of morpholine rings is 1. The van der Waals surface area contributed by atoms with Crippen molar-refractivity contribution >= 4 is 12.4 Å². The topological polar surface area (TPSA) is 43.0 Å². The molecule has 1 N–H and O–H groups in total. The number of ether oxygens (including phenoxy) is 3. The molecule has 0 radical (unpaired) electrons. The highest BCUT2D eigenvalue weighted by Crippen LogP contribution is 2.30. The Bertz CT molecular complexity index is 741. The fraction of sp³-hybridized carbons (Fsp3) is 0.429. The lowest BCUT2D eigenvalue weighted by Gasteiger charge is -2.35. The van der Waals surface area contributed by atoms with Crippen molar-refractivity contribution in [1.82, 2.24) is 10.2 Å². The standard InChI is InChI=1S/C21H27FN2O3.ClH/c1-25-20-8-4-6-17(21(20)26-2)14-23-15-19(24-9-11-27-12-10-24)16-5-3-7-18(22)13-16;/h3-8,13,19,23H,9-12,14-15H2,1-2H3;1H. The molecule has 1 aliphatic heterocycles. The van der Waals surface area contributed by atoms with E-state index in [1.54, 1.807) is 26.4 Å². The highest BCUT2D eigenvalue weighted by Gasteiger charge is 2.23. The molecule has 0 aliphatic carbocycles. The van der Waals surface area contributed by atoms with E-state index >= 15 is 0 Å². The van der Waals surface area contributed by atoms with E-state index in [4.69, 9.17) is 14.2 Å². The Kier molecular flexibility index (Phi) is 8.99. The summed E-state index contributed by atoms with van der Waals surface area (Å²) in [5.74, 6) is 1.24. The molecule has 154 valence electrons. The molecule has 1 unspecified atom stereocenters. The molecule has 5 nitrogen and oxygen atoms in total. The lowest BCUT2D eigenvalue weighted by molar-refractivity contribution is 0.0160. The Hall–Kier alpha value is -1.86. The van der Waals surface area contributed by atoms with Crippen LogP contribution < -0.4 is 14.8 Å². The van der Waals surface area contributed by atoms with Gasteiger partial charge in [-0.2, -0.15) is 0 Å². The van der Waals surface area contributed by atoms with Gasteiger partial charge in [-0.3, -0.25) is 4.90 Å². The number of rotatable bonds is 8. The zero-order valence-corrected chi connectivity index (χ0v) is 17.1. The minimum Gasteiger partial charge on any atom is -0.493 e. The number of benzene rings is 2. The van der Waals surface area contributed by atoms with Crippen molar-refractivity contribution in [3.05, 3.63) is 59.4 Å². The van der Waals surface area contributed by atoms with Crippen molar-refractivity contribution in [2.75, 3.05) is 47.1 Å². The maximum atomic E-state index is 13.8. The predicted octanol–water partition coefficient (Wildman–Crippen LogP) is 3.43. The van der Waals surface area contributed by atoms with Crippen molar-refractivity contribution < 1.29 is 18.6 Å². The molecule has 1 heterocycles. The van der Waals surface area contributed by atoms with Gasteiger partial charge in [0.05, 0.1) is 27.4 Å². The van der Waals surface area contributed by atoms with E-state index in [9.17, 15) is 4.39 Å². The van der Waals surface area contributed by atoms with Gasteiger partial charge in [0.2, 0.25) is 0 Å². The third kappa shape index (κ3) is 5.58. The molecule has 0 saturated carbocycles. The molecular formula is C21H28ClFN2O3. The number of hydrogen-bond donors (Lipinski definition) is 1. The molecule has 0 bridgehead atoms. The highest BCUT2D eigenvalue weighted by molar-refractivity contribution is 5.85. The molecule has 2 aromatic rings. The summed E-state index contributed by atoms with van der Waals surface area (Å²) in [6.07, 6.45) is 0. The van der Waals surface area contributed by atoms with Gasteiger partial charge in [0.25, 0.3) is 0 Å². The molecule has 1 fully saturated rings. The molecular weight excluding hydrogens is 383 g/mol. The van der Waals surface area contributed by atoms with E-state index in [0.717, 1.165) is 30.0 Å². The van der Waals surface area contributed by atoms with Crippen LogP contribution in [0.3, 0.4) is 0 Å². The molecule has 1 aliphatic rings. The molecule has 28 heavy (non-hydrogen) atoms. The van der Waals surface area contributed by atoms with E-state index in [2.05, 4.69) is 10.2 Å². The van der Waals surface area contributed by atoms with E-state index in [-0.39, 0.29) is 24.3 Å². The number of halogens is 2. The predicted molar refractivity (Wildman–Crippen MR) is 110 cm³/mol. The SMILES string of the molecule is COc1cccc(CNCC(c2cccc(F)c2)N2CCOCC2)c1OC.Cl. The van der Waals surface area contributed by atoms with Crippen LogP contribution >= 0.6 is 12.4 Å². The summed E-state index contributed by atoms with van der Waals surface area (Å²) >= 11 is 0. The van der Waals surface area contributed by atoms with Gasteiger partial charge in [0.15, 0.2) is 11.5 Å². The quantitative estimate of drug-likeness (QED) is 0.722. The van der Waals surface area contributed by atoms with E-state index < -0.39 is 0 Å². The van der Waals surface area contributed by atoms with E-state index in [1.165, 1.54) is 6.07 Å². The van der Waals surface area contributed by atoms with Gasteiger partial charge in [-0.1, -0.05) is 24.3 Å². The Morgan fingerprint density at radius 1 is 1.11 bits per heavy atom. The van der Waals surface area contributed by atoms with E-state index in [1.807, 2.05) is 24.3 Å². The first-order valence-corrected chi connectivity index (χ1v) is 9.20. The molecule has 0 spiro atoms. The average Bonchev–Trinajstić information content (AvgIpc) is 2.71. The summed E-state index contributed by atoms with van der Waals surface area (Å²) in [7, 11) is 3.28. The Morgan fingerprint density at radius 3 is 2.54 bits per heavy atom. The largest absolute Gasteiger partial charge is 0.493 e. The molecule has 1 saturated heterocycles. The third-order valence-electron chi connectivity index (χ3n) is 4.86. The van der Waals surface area contributed by atoms with Crippen LogP contribution in [0.25, 0.3) is 0 Å². The maximum Gasteiger partial charge on any atom is 0.165 e. The van der Waals surface area contributed by atoms with Crippen LogP contribution in [-0.4, -0.2) is 52.0 Å². The van der Waals surface area contributed by atoms with Crippen molar-refractivity contribution in [2.45, 2.75) is 12.6 Å². The van der Waals surface area contributed by atoms with Gasteiger partial charge in [-0.05, 0) is 23.8 Å². The maximum absolute atomic E-state index is 13.8. The molecule has 3 rings (SSSR count). The van der Waals surface area contributed by atoms with Gasteiger partial charge in [-0.15, -0.1) is 12.4 Å². The van der Waals surface area contributed by atoms with Crippen molar-refractivity contribution in [1.29, 1.82) is 0 Å². The zero-order valence-electron chi connectivity index (χ0n) is 16.3. The average molecular weight is 411 g/mol. The van der Waals surface area contributed by atoms with Crippen LogP contribution in [-0.2, 0) is 11.3 Å². The van der Waals surface area contributed by atoms with Gasteiger partial charge < -0.3 is 19.5 Å².